The van der Waals surface area contributed by atoms with E-state index in [0.717, 1.165) is 12.3 Å². The standard InChI is InChI=1S/C16H12Cl2N2O4/c1-2-24-16(21)13-8-12(20(22)23)9-19-15(13)6-4-10-3-5-11(17)7-14(10)18/h3-9H,2H2,1H3/b6-4+. The topological polar surface area (TPSA) is 82.3 Å². The van der Waals surface area contributed by atoms with Crippen molar-refractivity contribution >= 4 is 47.0 Å². The van der Waals surface area contributed by atoms with Gasteiger partial charge in [0.25, 0.3) is 5.69 Å². The van der Waals surface area contributed by atoms with Gasteiger partial charge in [0.05, 0.1) is 22.8 Å². The van der Waals surface area contributed by atoms with Crippen molar-refractivity contribution in [2.75, 3.05) is 6.61 Å². The summed E-state index contributed by atoms with van der Waals surface area (Å²) in [6.45, 7) is 1.79. The zero-order chi connectivity index (χ0) is 17.7. The van der Waals surface area contributed by atoms with Crippen LogP contribution in [0.5, 0.6) is 0 Å². The number of carbonyl (C=O) groups excluding carboxylic acids is 1. The van der Waals surface area contributed by atoms with E-state index in [0.29, 0.717) is 15.6 Å². The summed E-state index contributed by atoms with van der Waals surface area (Å²) in [4.78, 5) is 26.2. The molecule has 0 radical (unpaired) electrons. The number of benzene rings is 1. The molecule has 0 fully saturated rings. The van der Waals surface area contributed by atoms with Crippen LogP contribution in [0.15, 0.2) is 30.5 Å². The number of halogens is 2. The lowest BCUT2D eigenvalue weighted by atomic mass is 10.1. The highest BCUT2D eigenvalue weighted by Gasteiger charge is 2.17. The van der Waals surface area contributed by atoms with Gasteiger partial charge in [0.1, 0.15) is 6.20 Å². The maximum absolute atomic E-state index is 12.0. The van der Waals surface area contributed by atoms with Crippen LogP contribution in [0.4, 0.5) is 5.69 Å². The number of hydrogen-bond donors (Lipinski definition) is 0. The molecule has 124 valence electrons. The molecule has 24 heavy (non-hydrogen) atoms. The molecule has 1 heterocycles. The first-order chi connectivity index (χ1) is 11.4. The molecule has 0 saturated carbocycles. The Kier molecular flexibility index (Phi) is 5.89. The Morgan fingerprint density at radius 3 is 2.71 bits per heavy atom. The van der Waals surface area contributed by atoms with Crippen molar-refractivity contribution in [3.05, 3.63) is 67.4 Å². The summed E-state index contributed by atoms with van der Waals surface area (Å²) in [5, 5.41) is 11.8. The lowest BCUT2D eigenvalue weighted by molar-refractivity contribution is -0.385. The van der Waals surface area contributed by atoms with Crippen LogP contribution in [0.3, 0.4) is 0 Å². The summed E-state index contributed by atoms with van der Waals surface area (Å²) in [6, 6.07) is 6.09. The van der Waals surface area contributed by atoms with Crippen molar-refractivity contribution < 1.29 is 14.5 Å². The Labute approximate surface area is 147 Å². The Hall–Kier alpha value is -2.44. The third kappa shape index (κ3) is 4.31. The van der Waals surface area contributed by atoms with Gasteiger partial charge in [0.15, 0.2) is 0 Å². The molecule has 0 aliphatic heterocycles. The second kappa shape index (κ2) is 7.90. The number of aromatic nitrogens is 1. The molecule has 0 amide bonds. The van der Waals surface area contributed by atoms with Gasteiger partial charge in [-0.15, -0.1) is 0 Å². The van der Waals surface area contributed by atoms with E-state index in [-0.39, 0.29) is 23.6 Å². The van der Waals surface area contributed by atoms with E-state index in [2.05, 4.69) is 4.98 Å². The molecular weight excluding hydrogens is 355 g/mol. The number of pyridine rings is 1. The van der Waals surface area contributed by atoms with Gasteiger partial charge in [-0.1, -0.05) is 35.3 Å². The van der Waals surface area contributed by atoms with E-state index in [1.165, 1.54) is 6.08 Å². The van der Waals surface area contributed by atoms with E-state index in [9.17, 15) is 14.9 Å². The van der Waals surface area contributed by atoms with Crippen LogP contribution >= 0.6 is 23.2 Å². The third-order valence-electron chi connectivity index (χ3n) is 2.99. The number of rotatable bonds is 5. The predicted octanol–water partition coefficient (Wildman–Crippen LogP) is 4.64. The van der Waals surface area contributed by atoms with Crippen molar-refractivity contribution in [1.29, 1.82) is 0 Å². The molecule has 0 unspecified atom stereocenters. The van der Waals surface area contributed by atoms with Crippen LogP contribution in [0.25, 0.3) is 12.2 Å². The predicted molar refractivity (Wildman–Crippen MR) is 92.2 cm³/mol. The molecule has 0 aliphatic carbocycles. The lowest BCUT2D eigenvalue weighted by Gasteiger charge is -2.05. The molecule has 2 rings (SSSR count). The maximum Gasteiger partial charge on any atom is 0.340 e. The molecule has 0 aliphatic rings. The lowest BCUT2D eigenvalue weighted by Crippen LogP contribution is -2.08. The Morgan fingerprint density at radius 1 is 1.33 bits per heavy atom. The van der Waals surface area contributed by atoms with Gasteiger partial charge in [0, 0.05) is 16.1 Å². The summed E-state index contributed by atoms with van der Waals surface area (Å²) in [7, 11) is 0. The fraction of sp³-hybridized carbons (Fsp3) is 0.125. The van der Waals surface area contributed by atoms with Gasteiger partial charge in [-0.3, -0.25) is 10.1 Å². The highest BCUT2D eigenvalue weighted by atomic mass is 35.5. The molecule has 0 atom stereocenters. The fourth-order valence-corrected chi connectivity index (χ4v) is 2.35. The van der Waals surface area contributed by atoms with E-state index >= 15 is 0 Å². The molecule has 2 aromatic rings. The first kappa shape index (κ1) is 17.9. The van der Waals surface area contributed by atoms with E-state index < -0.39 is 10.9 Å². The SMILES string of the molecule is CCOC(=O)c1cc([N+](=O)[O-])cnc1/C=C/c1ccc(Cl)cc1Cl. The second-order valence-electron chi connectivity index (χ2n) is 4.60. The van der Waals surface area contributed by atoms with E-state index in [4.69, 9.17) is 27.9 Å². The summed E-state index contributed by atoms with van der Waals surface area (Å²) in [6.07, 6.45) is 4.24. The number of ether oxygens (including phenoxy) is 1. The molecule has 1 aromatic carbocycles. The highest BCUT2D eigenvalue weighted by Crippen LogP contribution is 2.24. The molecule has 0 saturated heterocycles. The van der Waals surface area contributed by atoms with Crippen LogP contribution in [0.2, 0.25) is 10.0 Å². The second-order valence-corrected chi connectivity index (χ2v) is 5.45. The van der Waals surface area contributed by atoms with Crippen LogP contribution < -0.4 is 0 Å². The van der Waals surface area contributed by atoms with Gasteiger partial charge < -0.3 is 4.74 Å². The average Bonchev–Trinajstić information content (AvgIpc) is 2.54. The van der Waals surface area contributed by atoms with Crippen molar-refractivity contribution in [1.82, 2.24) is 4.98 Å². The largest absolute Gasteiger partial charge is 0.462 e. The van der Waals surface area contributed by atoms with Gasteiger partial charge in [-0.05, 0) is 30.7 Å². The highest BCUT2D eigenvalue weighted by molar-refractivity contribution is 6.35. The minimum Gasteiger partial charge on any atom is -0.462 e. The number of nitro groups is 1. The van der Waals surface area contributed by atoms with Crippen molar-refractivity contribution in [3.63, 3.8) is 0 Å². The summed E-state index contributed by atoms with van der Waals surface area (Å²) in [5.74, 6) is -0.685. The minimum atomic E-state index is -0.685. The first-order valence-corrected chi connectivity index (χ1v) is 7.62. The van der Waals surface area contributed by atoms with Gasteiger partial charge in [-0.25, -0.2) is 9.78 Å². The van der Waals surface area contributed by atoms with E-state index in [1.807, 2.05) is 0 Å². The molecule has 0 bridgehead atoms. The molecular formula is C16H12Cl2N2O4. The molecule has 0 N–H and O–H groups in total. The monoisotopic (exact) mass is 366 g/mol. The summed E-state index contributed by atoms with van der Waals surface area (Å²) in [5.41, 5.74) is 0.619. The number of carbonyl (C=O) groups is 1. The number of hydrogen-bond acceptors (Lipinski definition) is 5. The van der Waals surface area contributed by atoms with Gasteiger partial charge in [0.2, 0.25) is 0 Å². The van der Waals surface area contributed by atoms with E-state index in [1.54, 1.807) is 31.2 Å². The van der Waals surface area contributed by atoms with Crippen LogP contribution in [-0.4, -0.2) is 22.5 Å². The van der Waals surface area contributed by atoms with Crippen LogP contribution in [0, 0.1) is 10.1 Å². The zero-order valence-corrected chi connectivity index (χ0v) is 14.0. The number of nitrogens with zero attached hydrogens (tertiary/aromatic N) is 2. The van der Waals surface area contributed by atoms with Crippen LogP contribution in [-0.2, 0) is 4.74 Å². The zero-order valence-electron chi connectivity index (χ0n) is 12.5. The van der Waals surface area contributed by atoms with Gasteiger partial charge >= 0.3 is 5.97 Å². The van der Waals surface area contributed by atoms with Crippen molar-refractivity contribution in [3.8, 4) is 0 Å². The third-order valence-corrected chi connectivity index (χ3v) is 3.56. The fourth-order valence-electron chi connectivity index (χ4n) is 1.87. The Morgan fingerprint density at radius 2 is 2.08 bits per heavy atom. The maximum atomic E-state index is 12.0. The Balaban J connectivity index is 2.43. The molecule has 1 aromatic heterocycles. The average molecular weight is 367 g/mol. The summed E-state index contributed by atoms with van der Waals surface area (Å²) >= 11 is 11.9. The molecule has 6 nitrogen and oxygen atoms in total. The number of esters is 1. The van der Waals surface area contributed by atoms with Crippen molar-refractivity contribution in [2.45, 2.75) is 6.92 Å². The molecule has 8 heteroatoms. The quantitative estimate of drug-likeness (QED) is 0.437. The first-order valence-electron chi connectivity index (χ1n) is 6.87. The van der Waals surface area contributed by atoms with Crippen molar-refractivity contribution in [2.24, 2.45) is 0 Å². The Bertz CT molecular complexity index is 822. The van der Waals surface area contributed by atoms with Crippen LogP contribution in [0.1, 0.15) is 28.5 Å². The molecule has 0 spiro atoms. The minimum absolute atomic E-state index is 0.00684. The summed E-state index contributed by atoms with van der Waals surface area (Å²) < 4.78 is 4.92. The smallest absolute Gasteiger partial charge is 0.340 e. The van der Waals surface area contributed by atoms with Gasteiger partial charge in [-0.2, -0.15) is 0 Å². The normalized spacial score (nSPS) is 10.8.